The van der Waals surface area contributed by atoms with Crippen molar-refractivity contribution in [3.05, 3.63) is 0 Å². The van der Waals surface area contributed by atoms with Gasteiger partial charge in [-0.25, -0.2) is 9.34 Å². The fourth-order valence-electron chi connectivity index (χ4n) is 0.650. The SMILES string of the molecule is CN(C)P(F)(=NP(F)(F)=S)N(C)C. The van der Waals surface area contributed by atoms with Gasteiger partial charge in [0.05, 0.1) is 0 Å². The van der Waals surface area contributed by atoms with Gasteiger partial charge in [0.2, 0.25) is 0 Å². The zero-order valence-electron chi connectivity index (χ0n) is 7.78. The van der Waals surface area contributed by atoms with E-state index < -0.39 is 14.5 Å². The van der Waals surface area contributed by atoms with E-state index in [-0.39, 0.29) is 0 Å². The van der Waals surface area contributed by atoms with Crippen LogP contribution in [0.4, 0.5) is 12.6 Å². The van der Waals surface area contributed by atoms with Gasteiger partial charge in [-0.2, -0.15) is 17.1 Å². The molecule has 0 aliphatic heterocycles. The largest absolute Gasteiger partial charge is 0.387 e. The molecule has 0 bridgehead atoms. The molecule has 3 nitrogen and oxygen atoms in total. The minimum absolute atomic E-state index is 1.05. The van der Waals surface area contributed by atoms with Gasteiger partial charge in [-0.15, -0.1) is 0 Å². The van der Waals surface area contributed by atoms with E-state index >= 15 is 0 Å². The molecular formula is C4H12F3N3P2S. The summed E-state index contributed by atoms with van der Waals surface area (Å²) in [5.41, 5.74) is 0. The van der Waals surface area contributed by atoms with Crippen LogP contribution >= 0.6 is 14.5 Å². The van der Waals surface area contributed by atoms with E-state index in [0.717, 1.165) is 9.34 Å². The van der Waals surface area contributed by atoms with E-state index in [1.54, 1.807) is 0 Å². The van der Waals surface area contributed by atoms with E-state index in [1.165, 1.54) is 28.2 Å². The standard InChI is InChI=1S/C4H12F3N3P2S/c1-9(2)12(7,10(3)4)8-11(5,6)13/h1-4H3. The lowest BCUT2D eigenvalue weighted by molar-refractivity contribution is 0.503. The lowest BCUT2D eigenvalue weighted by Crippen LogP contribution is -2.17. The van der Waals surface area contributed by atoms with Gasteiger partial charge in [0, 0.05) is 0 Å². The summed E-state index contributed by atoms with van der Waals surface area (Å²) < 4.78 is 43.6. The molecule has 0 atom stereocenters. The second kappa shape index (κ2) is 4.41. The predicted molar refractivity (Wildman–Crippen MR) is 54.3 cm³/mol. The lowest BCUT2D eigenvalue weighted by Gasteiger charge is -2.27. The van der Waals surface area contributed by atoms with Gasteiger partial charge in [0.25, 0.3) is 7.67 Å². The Morgan fingerprint density at radius 2 is 1.31 bits per heavy atom. The molecule has 0 aromatic carbocycles. The molecule has 0 aromatic heterocycles. The quantitative estimate of drug-likeness (QED) is 0.720. The van der Waals surface area contributed by atoms with Crippen molar-refractivity contribution in [1.82, 2.24) is 9.34 Å². The van der Waals surface area contributed by atoms with Gasteiger partial charge in [-0.1, -0.05) is 0 Å². The van der Waals surface area contributed by atoms with Gasteiger partial charge in [0.15, 0.2) is 0 Å². The van der Waals surface area contributed by atoms with Crippen molar-refractivity contribution in [2.75, 3.05) is 28.2 Å². The summed E-state index contributed by atoms with van der Waals surface area (Å²) in [6.45, 7) is -4.85. The van der Waals surface area contributed by atoms with E-state index in [2.05, 4.69) is 16.3 Å². The second-order valence-corrected chi connectivity index (χ2v) is 8.21. The highest BCUT2D eigenvalue weighted by molar-refractivity contribution is 8.10. The number of hydrogen-bond donors (Lipinski definition) is 0. The van der Waals surface area contributed by atoms with Crippen LogP contribution in [0.25, 0.3) is 0 Å². The molecule has 0 aliphatic carbocycles. The highest BCUT2D eigenvalue weighted by Gasteiger charge is 2.29. The molecule has 80 valence electrons. The zero-order chi connectivity index (χ0) is 10.9. The van der Waals surface area contributed by atoms with Crippen LogP contribution in [0.15, 0.2) is 4.52 Å². The normalized spacial score (nSPS) is 13.9. The van der Waals surface area contributed by atoms with Gasteiger partial charge in [0.1, 0.15) is 0 Å². The second-order valence-electron chi connectivity index (χ2n) is 2.71. The molecule has 0 amide bonds. The monoisotopic (exact) mass is 253 g/mol. The van der Waals surface area contributed by atoms with Crippen molar-refractivity contribution < 1.29 is 12.6 Å². The van der Waals surface area contributed by atoms with Gasteiger partial charge in [-0.05, 0) is 40.0 Å². The summed E-state index contributed by atoms with van der Waals surface area (Å²) in [6.07, 6.45) is 0. The van der Waals surface area contributed by atoms with Crippen LogP contribution in [0.5, 0.6) is 0 Å². The van der Waals surface area contributed by atoms with E-state index in [9.17, 15) is 12.6 Å². The molecule has 0 fully saturated rings. The molecular weight excluding hydrogens is 241 g/mol. The fourth-order valence-corrected chi connectivity index (χ4v) is 4.54. The maximum absolute atomic E-state index is 13.8. The Hall–Kier alpha value is 0.590. The highest BCUT2D eigenvalue weighted by Crippen LogP contribution is 2.66. The van der Waals surface area contributed by atoms with Crippen molar-refractivity contribution in [3.8, 4) is 0 Å². The first-order chi connectivity index (χ1) is 5.59. The Kier molecular flexibility index (Phi) is 4.61. The van der Waals surface area contributed by atoms with Crippen LogP contribution in [0.1, 0.15) is 0 Å². The van der Waals surface area contributed by atoms with E-state index in [1.807, 2.05) is 0 Å². The van der Waals surface area contributed by atoms with Crippen molar-refractivity contribution in [3.63, 3.8) is 0 Å². The van der Waals surface area contributed by atoms with Crippen molar-refractivity contribution >= 4 is 26.3 Å². The summed E-state index contributed by atoms with van der Waals surface area (Å²) in [7, 11) is 1.71. The van der Waals surface area contributed by atoms with Gasteiger partial charge < -0.3 is 0 Å². The maximum Gasteiger partial charge on any atom is 0.387 e. The molecule has 0 saturated heterocycles. The molecule has 0 heterocycles. The molecule has 0 unspecified atom stereocenters. The molecule has 0 aromatic rings. The summed E-state index contributed by atoms with van der Waals surface area (Å²) in [5.74, 6) is 0. The summed E-state index contributed by atoms with van der Waals surface area (Å²) in [5, 5.41) is 0. The predicted octanol–water partition coefficient (Wildman–Crippen LogP) is 3.19. The molecule has 0 saturated carbocycles. The van der Waals surface area contributed by atoms with Crippen LogP contribution in [0.3, 0.4) is 0 Å². The summed E-state index contributed by atoms with van der Waals surface area (Å²) >= 11 is 3.82. The molecule has 0 radical (unpaired) electrons. The van der Waals surface area contributed by atoms with Crippen LogP contribution < -0.4 is 0 Å². The van der Waals surface area contributed by atoms with Crippen molar-refractivity contribution in [2.24, 2.45) is 4.52 Å². The first-order valence-corrected chi connectivity index (χ1v) is 7.35. The molecule has 0 N–H and O–H groups in total. The minimum atomic E-state index is -4.85. The van der Waals surface area contributed by atoms with Crippen LogP contribution in [0, 0.1) is 0 Å². The van der Waals surface area contributed by atoms with Crippen LogP contribution in [-0.2, 0) is 11.8 Å². The van der Waals surface area contributed by atoms with E-state index in [0.29, 0.717) is 0 Å². The van der Waals surface area contributed by atoms with Crippen molar-refractivity contribution in [1.29, 1.82) is 0 Å². The third kappa shape index (κ3) is 4.09. The number of halogens is 3. The van der Waals surface area contributed by atoms with E-state index in [4.69, 9.17) is 0 Å². The zero-order valence-corrected chi connectivity index (χ0v) is 10.4. The number of nitrogens with zero attached hydrogens (tertiary/aromatic N) is 3. The Morgan fingerprint density at radius 1 is 1.00 bits per heavy atom. The highest BCUT2D eigenvalue weighted by atomic mass is 32.5. The number of rotatable bonds is 3. The van der Waals surface area contributed by atoms with Crippen LogP contribution in [-0.4, -0.2) is 37.5 Å². The average Bonchev–Trinajstić information content (AvgIpc) is 1.82. The van der Waals surface area contributed by atoms with Crippen LogP contribution in [0.2, 0.25) is 0 Å². The third-order valence-corrected chi connectivity index (χ3v) is 5.67. The average molecular weight is 253 g/mol. The first-order valence-electron chi connectivity index (χ1n) is 3.28. The minimum Gasteiger partial charge on any atom is -0.238 e. The molecule has 0 rings (SSSR count). The molecule has 13 heavy (non-hydrogen) atoms. The Morgan fingerprint density at radius 3 is 1.38 bits per heavy atom. The third-order valence-electron chi connectivity index (χ3n) is 1.24. The summed E-state index contributed by atoms with van der Waals surface area (Å²) in [6, 6.07) is 0. The maximum atomic E-state index is 13.8. The summed E-state index contributed by atoms with van der Waals surface area (Å²) in [4.78, 5) is 0. The van der Waals surface area contributed by atoms with Gasteiger partial charge >= 0.3 is 6.81 Å². The molecule has 9 heteroatoms. The van der Waals surface area contributed by atoms with Crippen molar-refractivity contribution in [2.45, 2.75) is 0 Å². The Bertz CT molecular complexity index is 262. The first kappa shape index (κ1) is 13.6. The lowest BCUT2D eigenvalue weighted by atomic mass is 11.3. The van der Waals surface area contributed by atoms with Gasteiger partial charge in [-0.3, -0.25) is 0 Å². The Labute approximate surface area is 81.5 Å². The Balaban J connectivity index is 5.27. The fraction of sp³-hybridized carbons (Fsp3) is 1.00. The topological polar surface area (TPSA) is 18.8 Å². The number of hydrogen-bond acceptors (Lipinski definition) is 1. The molecule has 0 aliphatic rings. The molecule has 0 spiro atoms. The smallest absolute Gasteiger partial charge is 0.238 e.